The first-order chi connectivity index (χ1) is 18.1. The molecule has 4 saturated carbocycles. The molecule has 4 aliphatic rings. The summed E-state index contributed by atoms with van der Waals surface area (Å²) in [6.07, 6.45) is 10.1. The van der Waals surface area contributed by atoms with Crippen LogP contribution in [0.1, 0.15) is 127 Å². The third-order valence-electron chi connectivity index (χ3n) is 12.8. The van der Waals surface area contributed by atoms with Crippen molar-refractivity contribution in [1.29, 1.82) is 0 Å². The van der Waals surface area contributed by atoms with Crippen molar-refractivity contribution >= 4 is 17.7 Å². The number of hydrogen-bond acceptors (Lipinski definition) is 5. The van der Waals surface area contributed by atoms with Gasteiger partial charge in [-0.3, -0.25) is 14.4 Å². The topological polar surface area (TPSA) is 69.7 Å². The van der Waals surface area contributed by atoms with Crippen LogP contribution in [-0.2, 0) is 23.9 Å². The maximum absolute atomic E-state index is 14.5. The molecule has 0 radical (unpaired) electrons. The van der Waals surface area contributed by atoms with Crippen molar-refractivity contribution in [2.24, 2.45) is 57.2 Å². The van der Waals surface area contributed by atoms with Gasteiger partial charge in [0, 0.05) is 37.0 Å². The van der Waals surface area contributed by atoms with Gasteiger partial charge in [-0.05, 0) is 78.9 Å². The molecule has 0 aromatic rings. The van der Waals surface area contributed by atoms with E-state index in [0.29, 0.717) is 48.4 Å². The van der Waals surface area contributed by atoms with E-state index in [0.717, 1.165) is 38.5 Å². The van der Waals surface area contributed by atoms with E-state index in [-0.39, 0.29) is 45.6 Å². The van der Waals surface area contributed by atoms with Crippen molar-refractivity contribution in [1.82, 2.24) is 0 Å². The lowest BCUT2D eigenvalue weighted by Crippen LogP contribution is -2.65. The van der Waals surface area contributed by atoms with Gasteiger partial charge in [-0.1, -0.05) is 67.7 Å². The summed E-state index contributed by atoms with van der Waals surface area (Å²) < 4.78 is 11.7. The molecule has 0 bridgehead atoms. The first-order valence-corrected chi connectivity index (χ1v) is 15.9. The third-order valence-corrected chi connectivity index (χ3v) is 12.8. The number of rotatable bonds is 8. The summed E-state index contributed by atoms with van der Waals surface area (Å²) in [6.45, 7) is 19.7. The first kappa shape index (κ1) is 30.6. The zero-order chi connectivity index (χ0) is 29.0. The first-order valence-electron chi connectivity index (χ1n) is 15.9. The van der Waals surface area contributed by atoms with Gasteiger partial charge in [0.05, 0.1) is 6.61 Å². The minimum Gasteiger partial charge on any atom is -0.465 e. The van der Waals surface area contributed by atoms with Crippen molar-refractivity contribution < 1.29 is 23.9 Å². The molecule has 5 heteroatoms. The summed E-state index contributed by atoms with van der Waals surface area (Å²) in [5.41, 5.74) is -0.567. The standard InChI is InChI=1S/C34H56O5/c1-21(2)11-10-12-22(3)25-15-18-33(9)26-13-14-28-31(6,7)29(39-24(5)36)16-17-32(28,8)30(26)27(37)19-34(25,33)20-38-23(4)35/h21-22,25-26,28-30H,10-20H2,1-9H3/t22-,25+,26+,28-,29-,30+,32-,33-,34-/m0/s1. The molecule has 5 nitrogen and oxygen atoms in total. The van der Waals surface area contributed by atoms with E-state index in [9.17, 15) is 14.4 Å². The molecule has 0 amide bonds. The SMILES string of the molecule is CC(=O)OC[C@]12CC(=O)[C@H]3[C@@H](CC[C@H]4C(C)(C)[C@@H](OC(C)=O)CC[C@]34C)[C@]1(C)CC[C@@H]2[C@@H](C)CCCC(C)C. The summed E-state index contributed by atoms with van der Waals surface area (Å²) in [5, 5.41) is 0. The molecule has 4 fully saturated rings. The molecule has 4 aliphatic carbocycles. The highest BCUT2D eigenvalue weighted by Crippen LogP contribution is 2.74. The average Bonchev–Trinajstić information content (AvgIpc) is 3.12. The lowest BCUT2D eigenvalue weighted by Gasteiger charge is -2.67. The Hall–Kier alpha value is -1.39. The van der Waals surface area contributed by atoms with Gasteiger partial charge in [0.25, 0.3) is 0 Å². The van der Waals surface area contributed by atoms with Gasteiger partial charge in [-0.15, -0.1) is 0 Å². The maximum Gasteiger partial charge on any atom is 0.302 e. The molecule has 9 atom stereocenters. The molecular formula is C34H56O5. The highest BCUT2D eigenvalue weighted by Gasteiger charge is 2.71. The van der Waals surface area contributed by atoms with Crippen LogP contribution in [0.3, 0.4) is 0 Å². The molecule has 0 spiro atoms. The molecule has 222 valence electrons. The van der Waals surface area contributed by atoms with Gasteiger partial charge >= 0.3 is 11.9 Å². The van der Waals surface area contributed by atoms with Crippen molar-refractivity contribution in [3.05, 3.63) is 0 Å². The van der Waals surface area contributed by atoms with Crippen LogP contribution >= 0.6 is 0 Å². The van der Waals surface area contributed by atoms with Crippen LogP contribution in [0.25, 0.3) is 0 Å². The summed E-state index contributed by atoms with van der Waals surface area (Å²) in [4.78, 5) is 38.6. The number of esters is 2. The van der Waals surface area contributed by atoms with Crippen LogP contribution in [0.4, 0.5) is 0 Å². The number of ether oxygens (including phenoxy) is 2. The predicted octanol–water partition coefficient (Wildman–Crippen LogP) is 7.79. The van der Waals surface area contributed by atoms with Gasteiger partial charge < -0.3 is 9.47 Å². The lowest BCUT2D eigenvalue weighted by atomic mass is 9.37. The molecule has 0 aliphatic heterocycles. The molecule has 4 rings (SSSR count). The monoisotopic (exact) mass is 544 g/mol. The maximum atomic E-state index is 14.5. The minimum atomic E-state index is -0.276. The quantitative estimate of drug-likeness (QED) is 0.292. The molecule has 0 heterocycles. The second kappa shape index (κ2) is 10.8. The Balaban J connectivity index is 1.68. The predicted molar refractivity (Wildman–Crippen MR) is 154 cm³/mol. The number of carbonyl (C=O) groups is 3. The van der Waals surface area contributed by atoms with Gasteiger partial charge in [0.2, 0.25) is 0 Å². The van der Waals surface area contributed by atoms with Crippen molar-refractivity contribution in [2.45, 2.75) is 133 Å². The summed E-state index contributed by atoms with van der Waals surface area (Å²) >= 11 is 0. The zero-order valence-corrected chi connectivity index (χ0v) is 26.4. The number of hydrogen-bond donors (Lipinski definition) is 0. The number of Topliss-reactive ketones (excluding diaryl/α,β-unsaturated/α-hetero) is 1. The Morgan fingerprint density at radius 3 is 2.23 bits per heavy atom. The number of ketones is 1. The largest absolute Gasteiger partial charge is 0.465 e. The molecular weight excluding hydrogens is 488 g/mol. The third kappa shape index (κ3) is 5.00. The van der Waals surface area contributed by atoms with Gasteiger partial charge in [0.1, 0.15) is 11.9 Å². The van der Waals surface area contributed by atoms with E-state index in [1.54, 1.807) is 0 Å². The highest BCUT2D eigenvalue weighted by molar-refractivity contribution is 5.85. The van der Waals surface area contributed by atoms with Crippen LogP contribution in [0.15, 0.2) is 0 Å². The fourth-order valence-corrected chi connectivity index (χ4v) is 10.9. The van der Waals surface area contributed by atoms with Crippen LogP contribution in [0, 0.1) is 57.2 Å². The number of carbonyl (C=O) groups excluding carboxylic acids is 3. The van der Waals surface area contributed by atoms with Crippen molar-refractivity contribution in [3.63, 3.8) is 0 Å². The van der Waals surface area contributed by atoms with Gasteiger partial charge in [-0.25, -0.2) is 0 Å². The van der Waals surface area contributed by atoms with Gasteiger partial charge in [0.15, 0.2) is 0 Å². The molecule has 0 aromatic carbocycles. The second-order valence-electron chi connectivity index (χ2n) is 15.6. The Kier molecular flexibility index (Phi) is 8.45. The van der Waals surface area contributed by atoms with Crippen molar-refractivity contribution in [2.75, 3.05) is 6.61 Å². The molecule has 0 unspecified atom stereocenters. The van der Waals surface area contributed by atoms with E-state index in [1.165, 1.54) is 33.1 Å². The molecule has 0 saturated heterocycles. The Bertz CT molecular complexity index is 953. The lowest BCUT2D eigenvalue weighted by molar-refractivity contribution is -0.215. The van der Waals surface area contributed by atoms with Crippen LogP contribution in [0.5, 0.6) is 0 Å². The summed E-state index contributed by atoms with van der Waals surface area (Å²) in [6, 6.07) is 0. The minimum absolute atomic E-state index is 0.0249. The Labute approximate surface area is 237 Å². The summed E-state index contributed by atoms with van der Waals surface area (Å²) in [7, 11) is 0. The van der Waals surface area contributed by atoms with Crippen LogP contribution < -0.4 is 0 Å². The van der Waals surface area contributed by atoms with Crippen LogP contribution in [0.2, 0.25) is 0 Å². The second-order valence-corrected chi connectivity index (χ2v) is 15.6. The van der Waals surface area contributed by atoms with E-state index in [4.69, 9.17) is 9.47 Å². The zero-order valence-electron chi connectivity index (χ0n) is 26.4. The molecule has 0 N–H and O–H groups in total. The summed E-state index contributed by atoms with van der Waals surface area (Å²) in [5.74, 6) is 2.25. The van der Waals surface area contributed by atoms with Crippen LogP contribution in [-0.4, -0.2) is 30.4 Å². The smallest absolute Gasteiger partial charge is 0.302 e. The highest BCUT2D eigenvalue weighted by atomic mass is 16.5. The molecule has 0 aromatic heterocycles. The van der Waals surface area contributed by atoms with Gasteiger partial charge in [-0.2, -0.15) is 0 Å². The normalized spacial score (nSPS) is 41.8. The fourth-order valence-electron chi connectivity index (χ4n) is 10.9. The van der Waals surface area contributed by atoms with E-state index in [1.807, 2.05) is 0 Å². The fraction of sp³-hybridized carbons (Fsp3) is 0.912. The molecule has 39 heavy (non-hydrogen) atoms. The Morgan fingerprint density at radius 2 is 1.62 bits per heavy atom. The van der Waals surface area contributed by atoms with E-state index in [2.05, 4.69) is 48.5 Å². The number of fused-ring (bicyclic) bond motifs is 5. The average molecular weight is 545 g/mol. The van der Waals surface area contributed by atoms with Crippen molar-refractivity contribution in [3.8, 4) is 0 Å². The van der Waals surface area contributed by atoms with E-state index >= 15 is 0 Å². The van der Waals surface area contributed by atoms with E-state index < -0.39 is 0 Å². The Morgan fingerprint density at radius 1 is 0.923 bits per heavy atom.